The Hall–Kier alpha value is -4.52. The zero-order valence-electron chi connectivity index (χ0n) is 19.8. The maximum atomic E-state index is 12.8. The van der Waals surface area contributed by atoms with E-state index in [4.69, 9.17) is 18.9 Å². The number of hydrogen-bond donors (Lipinski definition) is 2. The van der Waals surface area contributed by atoms with Gasteiger partial charge < -0.3 is 18.9 Å². The molecule has 0 atom stereocenters. The van der Waals surface area contributed by atoms with Gasteiger partial charge in [0, 0.05) is 17.3 Å². The Labute approximate surface area is 207 Å². The number of hydrogen-bond acceptors (Lipinski definition) is 10. The van der Waals surface area contributed by atoms with E-state index < -0.39 is 20.6 Å². The number of nitrogens with zero attached hydrogens (tertiary/aromatic N) is 2. The van der Waals surface area contributed by atoms with E-state index >= 15 is 0 Å². The lowest BCUT2D eigenvalue weighted by molar-refractivity contribution is -0.384. The molecule has 0 saturated carbocycles. The van der Waals surface area contributed by atoms with Gasteiger partial charge in [0.15, 0.2) is 11.5 Å². The molecular weight excluding hydrogens is 492 g/mol. The van der Waals surface area contributed by atoms with Crippen LogP contribution in [-0.4, -0.2) is 48.0 Å². The highest BCUT2D eigenvalue weighted by molar-refractivity contribution is 7.92. The van der Waals surface area contributed by atoms with Crippen LogP contribution in [0.25, 0.3) is 0 Å². The number of ether oxygens (including phenoxy) is 4. The number of rotatable bonds is 11. The van der Waals surface area contributed by atoms with E-state index in [-0.39, 0.29) is 16.3 Å². The molecule has 0 aliphatic rings. The smallest absolute Gasteiger partial charge is 0.295 e. The molecule has 0 radical (unpaired) electrons. The van der Waals surface area contributed by atoms with E-state index in [1.165, 1.54) is 58.9 Å². The molecule has 0 amide bonds. The third-order valence-corrected chi connectivity index (χ3v) is 6.32. The average Bonchev–Trinajstić information content (AvgIpc) is 2.88. The van der Waals surface area contributed by atoms with Crippen molar-refractivity contribution >= 4 is 33.3 Å². The Bertz CT molecular complexity index is 1380. The second-order valence-corrected chi connectivity index (χ2v) is 8.75. The monoisotopic (exact) mass is 516 g/mol. The summed E-state index contributed by atoms with van der Waals surface area (Å²) in [5, 5.41) is 15.7. The van der Waals surface area contributed by atoms with E-state index in [2.05, 4.69) is 15.2 Å². The van der Waals surface area contributed by atoms with Gasteiger partial charge in [-0.05, 0) is 48.5 Å². The number of sulfonamides is 1. The molecule has 0 heterocycles. The van der Waals surface area contributed by atoms with Gasteiger partial charge in [0.05, 0.1) is 44.5 Å². The molecular formula is C23H24N4O8S. The molecule has 3 rings (SSSR count). The van der Waals surface area contributed by atoms with Gasteiger partial charge in [0.25, 0.3) is 15.7 Å². The van der Waals surface area contributed by atoms with E-state index in [1.54, 1.807) is 24.3 Å². The van der Waals surface area contributed by atoms with Gasteiger partial charge in [0.2, 0.25) is 5.75 Å². The first-order chi connectivity index (χ1) is 17.2. The van der Waals surface area contributed by atoms with Crippen LogP contribution in [0.1, 0.15) is 5.56 Å². The van der Waals surface area contributed by atoms with Gasteiger partial charge in [-0.25, -0.2) is 8.42 Å². The molecule has 12 nitrogen and oxygen atoms in total. The Morgan fingerprint density at radius 2 is 1.58 bits per heavy atom. The molecule has 0 saturated heterocycles. The zero-order valence-corrected chi connectivity index (χ0v) is 20.7. The summed E-state index contributed by atoms with van der Waals surface area (Å²) in [5.41, 5.74) is 2.86. The van der Waals surface area contributed by atoms with Crippen molar-refractivity contribution in [3.63, 3.8) is 0 Å². The predicted octanol–water partition coefficient (Wildman–Crippen LogP) is 3.88. The second kappa shape index (κ2) is 11.3. The number of nitro groups is 1. The first-order valence-corrected chi connectivity index (χ1v) is 11.8. The minimum Gasteiger partial charge on any atom is -0.497 e. The zero-order chi connectivity index (χ0) is 26.3. The van der Waals surface area contributed by atoms with Crippen molar-refractivity contribution in [1.29, 1.82) is 0 Å². The molecule has 0 unspecified atom stereocenters. The number of benzene rings is 3. The fraction of sp³-hybridized carbons (Fsp3) is 0.174. The fourth-order valence-corrected chi connectivity index (χ4v) is 4.27. The molecule has 36 heavy (non-hydrogen) atoms. The summed E-state index contributed by atoms with van der Waals surface area (Å²) in [7, 11) is 1.79. The molecule has 0 aromatic heterocycles. The summed E-state index contributed by atoms with van der Waals surface area (Å²) in [4.78, 5) is 10.7. The van der Waals surface area contributed by atoms with Crippen LogP contribution in [-0.2, 0) is 10.0 Å². The van der Waals surface area contributed by atoms with Crippen molar-refractivity contribution in [3.05, 3.63) is 70.3 Å². The lowest BCUT2D eigenvalue weighted by atomic mass is 10.2. The minimum absolute atomic E-state index is 0.0147. The molecule has 0 aliphatic carbocycles. The summed E-state index contributed by atoms with van der Waals surface area (Å²) in [6.45, 7) is 0. The maximum absolute atomic E-state index is 12.8. The highest BCUT2D eigenvalue weighted by Gasteiger charge is 2.22. The molecule has 3 aromatic carbocycles. The summed E-state index contributed by atoms with van der Waals surface area (Å²) in [6.07, 6.45) is 1.38. The number of anilines is 2. The van der Waals surface area contributed by atoms with Gasteiger partial charge in [-0.1, -0.05) is 0 Å². The quantitative estimate of drug-likeness (QED) is 0.220. The maximum Gasteiger partial charge on any atom is 0.295 e. The van der Waals surface area contributed by atoms with Crippen LogP contribution in [0.4, 0.5) is 17.1 Å². The van der Waals surface area contributed by atoms with E-state index in [0.717, 1.165) is 6.07 Å². The third kappa shape index (κ3) is 5.75. The molecule has 13 heteroatoms. The van der Waals surface area contributed by atoms with Crippen LogP contribution < -0.4 is 29.1 Å². The van der Waals surface area contributed by atoms with E-state index in [0.29, 0.717) is 28.6 Å². The Morgan fingerprint density at radius 3 is 2.17 bits per heavy atom. The van der Waals surface area contributed by atoms with Gasteiger partial charge in [-0.3, -0.25) is 20.3 Å². The van der Waals surface area contributed by atoms with Gasteiger partial charge in [0.1, 0.15) is 11.4 Å². The lowest BCUT2D eigenvalue weighted by Gasteiger charge is -2.13. The van der Waals surface area contributed by atoms with Crippen LogP contribution in [0.3, 0.4) is 0 Å². The standard InChI is InChI=1S/C23H24N4O8S/c1-32-17-8-6-16(7-9-17)26-36(30,31)18-10-11-19(20(13-18)27(28)29)25-24-14-15-5-12-21(33-2)23(35-4)22(15)34-3/h5-14,25-26H,1-4H3/b24-14+. The Morgan fingerprint density at radius 1 is 0.889 bits per heavy atom. The van der Waals surface area contributed by atoms with Crippen molar-refractivity contribution in [2.45, 2.75) is 4.90 Å². The summed E-state index contributed by atoms with van der Waals surface area (Å²) in [5.74, 6) is 1.71. The number of hydrazone groups is 1. The molecule has 2 N–H and O–H groups in total. The molecule has 0 fully saturated rings. The van der Waals surface area contributed by atoms with Gasteiger partial charge >= 0.3 is 0 Å². The topological polar surface area (TPSA) is 151 Å². The average molecular weight is 517 g/mol. The summed E-state index contributed by atoms with van der Waals surface area (Å²) in [6, 6.07) is 12.9. The number of nitro benzene ring substituents is 1. The largest absolute Gasteiger partial charge is 0.497 e. The first kappa shape index (κ1) is 26.1. The SMILES string of the molecule is COc1ccc(NS(=O)(=O)c2ccc(N/N=C/c3ccc(OC)c(OC)c3OC)c([N+](=O)[O-])c2)cc1. The Kier molecular flexibility index (Phi) is 8.17. The van der Waals surface area contributed by atoms with E-state index in [1.807, 2.05) is 0 Å². The first-order valence-electron chi connectivity index (χ1n) is 10.3. The number of methoxy groups -OCH3 is 4. The van der Waals surface area contributed by atoms with Crippen molar-refractivity contribution in [2.75, 3.05) is 38.6 Å². The van der Waals surface area contributed by atoms with Gasteiger partial charge in [-0.15, -0.1) is 0 Å². The van der Waals surface area contributed by atoms with Crippen LogP contribution in [0.5, 0.6) is 23.0 Å². The third-order valence-electron chi connectivity index (χ3n) is 4.94. The second-order valence-electron chi connectivity index (χ2n) is 7.06. The highest BCUT2D eigenvalue weighted by Crippen LogP contribution is 2.39. The predicted molar refractivity (Wildman–Crippen MR) is 134 cm³/mol. The fourth-order valence-electron chi connectivity index (χ4n) is 3.19. The molecule has 3 aromatic rings. The molecule has 190 valence electrons. The minimum atomic E-state index is -4.10. The molecule has 0 bridgehead atoms. The van der Waals surface area contributed by atoms with Crippen molar-refractivity contribution in [1.82, 2.24) is 0 Å². The highest BCUT2D eigenvalue weighted by atomic mass is 32.2. The van der Waals surface area contributed by atoms with Crippen molar-refractivity contribution < 1.29 is 32.3 Å². The van der Waals surface area contributed by atoms with Gasteiger partial charge in [-0.2, -0.15) is 5.10 Å². The summed E-state index contributed by atoms with van der Waals surface area (Å²) < 4.78 is 48.9. The van der Waals surface area contributed by atoms with Crippen molar-refractivity contribution in [2.24, 2.45) is 5.10 Å². The van der Waals surface area contributed by atoms with Crippen LogP contribution in [0.2, 0.25) is 0 Å². The molecule has 0 aliphatic heterocycles. The summed E-state index contributed by atoms with van der Waals surface area (Å²) >= 11 is 0. The van der Waals surface area contributed by atoms with E-state index in [9.17, 15) is 18.5 Å². The van der Waals surface area contributed by atoms with Crippen LogP contribution in [0.15, 0.2) is 64.6 Å². The Balaban J connectivity index is 1.86. The van der Waals surface area contributed by atoms with Crippen molar-refractivity contribution in [3.8, 4) is 23.0 Å². The normalized spacial score (nSPS) is 11.1. The van der Waals surface area contributed by atoms with Crippen LogP contribution >= 0.6 is 0 Å². The van der Waals surface area contributed by atoms with Crippen LogP contribution in [0, 0.1) is 10.1 Å². The lowest BCUT2D eigenvalue weighted by Crippen LogP contribution is -2.13. The number of nitrogens with one attached hydrogen (secondary N) is 2. The molecule has 0 spiro atoms.